The van der Waals surface area contributed by atoms with Crippen LogP contribution in [0.25, 0.3) is 11.0 Å². The van der Waals surface area contributed by atoms with Crippen molar-refractivity contribution in [1.82, 2.24) is 15.0 Å². The highest BCUT2D eigenvalue weighted by Crippen LogP contribution is 2.38. The number of fused-ring (bicyclic) bond motifs is 1. The van der Waals surface area contributed by atoms with E-state index in [1.807, 2.05) is 39.0 Å². The predicted molar refractivity (Wildman–Crippen MR) is 144 cm³/mol. The molecule has 8 nitrogen and oxygen atoms in total. The second-order valence-corrected chi connectivity index (χ2v) is 10.2. The van der Waals surface area contributed by atoms with E-state index < -0.39 is 12.0 Å². The van der Waals surface area contributed by atoms with Crippen molar-refractivity contribution in [2.24, 2.45) is 10.7 Å². The highest BCUT2D eigenvalue weighted by atomic mass is 35.5. The number of aromatic nitrogens is 3. The fraction of sp³-hybridized carbons (Fsp3) is 0.360. The third kappa shape index (κ3) is 5.37. The molecule has 1 saturated heterocycles. The van der Waals surface area contributed by atoms with Gasteiger partial charge in [0.15, 0.2) is 5.16 Å². The molecule has 2 unspecified atom stereocenters. The van der Waals surface area contributed by atoms with Gasteiger partial charge in [0.2, 0.25) is 0 Å². The number of halogens is 1. The summed E-state index contributed by atoms with van der Waals surface area (Å²) in [6, 6.07) is -0.349. The van der Waals surface area contributed by atoms with Crippen LogP contribution in [0.15, 0.2) is 57.1 Å². The summed E-state index contributed by atoms with van der Waals surface area (Å²) in [5, 5.41) is 11.6. The number of H-pyrrole nitrogens is 1. The van der Waals surface area contributed by atoms with Gasteiger partial charge in [0.1, 0.15) is 11.5 Å². The molecule has 184 valence electrons. The van der Waals surface area contributed by atoms with E-state index in [2.05, 4.69) is 21.5 Å². The first-order chi connectivity index (χ1) is 16.7. The van der Waals surface area contributed by atoms with Gasteiger partial charge in [-0.1, -0.05) is 37.3 Å². The number of aryl methyl sites for hydroxylation is 1. The normalized spacial score (nSPS) is 20.0. The summed E-state index contributed by atoms with van der Waals surface area (Å²) in [6.07, 6.45) is 9.07. The largest absolute Gasteiger partial charge is 0.478 e. The number of aromatic amines is 1. The number of nitrogens with zero attached hydrogens (tertiary/aromatic N) is 4. The number of nitrogens with two attached hydrogens (primary N) is 1. The third-order valence-electron chi connectivity index (χ3n) is 5.88. The van der Waals surface area contributed by atoms with Crippen molar-refractivity contribution in [3.05, 3.63) is 57.7 Å². The standard InChI is InChI=1S/C25H29ClN6O2S/c1-5-18-21(26)20-22(29-18)30-25(31-23(20)32-10-9-15(27)12-32)35-16-7-6-8-19(28-13(2)3)17(11-16)14(4)24(33)34/h6-8,11,15,19H,4-5,9-10,12,27H2,1-3H3,(H,33,34)(H,29,30,31). The Hall–Kier alpha value is -2.88. The molecule has 0 radical (unpaired) electrons. The van der Waals surface area contributed by atoms with Crippen molar-refractivity contribution in [2.45, 2.75) is 50.9 Å². The highest BCUT2D eigenvalue weighted by Gasteiger charge is 2.27. The molecular formula is C25H29ClN6O2S. The van der Waals surface area contributed by atoms with Crippen molar-refractivity contribution in [1.29, 1.82) is 0 Å². The summed E-state index contributed by atoms with van der Waals surface area (Å²) in [4.78, 5) is 32.2. The SMILES string of the molecule is C=C(C(=O)O)C1=CC(Sc2nc(N3CCC(N)C3)c3c(Cl)c(CC)[nH]c3n2)=CC=CC1N=C(C)C. The maximum Gasteiger partial charge on any atom is 0.335 e. The summed E-state index contributed by atoms with van der Waals surface area (Å²) >= 11 is 8.05. The number of nitrogens with one attached hydrogen (secondary N) is 1. The number of aliphatic carboxylic acids is 1. The molecule has 1 fully saturated rings. The Morgan fingerprint density at radius 1 is 1.43 bits per heavy atom. The lowest BCUT2D eigenvalue weighted by molar-refractivity contribution is -0.132. The number of carbonyl (C=O) groups is 1. The minimum Gasteiger partial charge on any atom is -0.478 e. The van der Waals surface area contributed by atoms with Gasteiger partial charge in [0, 0.05) is 35.4 Å². The van der Waals surface area contributed by atoms with Gasteiger partial charge in [-0.25, -0.2) is 14.8 Å². The van der Waals surface area contributed by atoms with Gasteiger partial charge in [-0.05, 0) is 56.2 Å². The number of carboxylic acid groups (broad SMARTS) is 1. The predicted octanol–water partition coefficient (Wildman–Crippen LogP) is 4.67. The topological polar surface area (TPSA) is 120 Å². The number of aliphatic imine (C=N–C) groups is 1. The minimum atomic E-state index is -1.08. The van der Waals surface area contributed by atoms with Crippen LogP contribution in [0.2, 0.25) is 5.02 Å². The van der Waals surface area contributed by atoms with E-state index in [1.54, 1.807) is 6.08 Å². The van der Waals surface area contributed by atoms with E-state index in [4.69, 9.17) is 27.3 Å². The highest BCUT2D eigenvalue weighted by molar-refractivity contribution is 8.03. The van der Waals surface area contributed by atoms with Gasteiger partial charge >= 0.3 is 5.97 Å². The summed E-state index contributed by atoms with van der Waals surface area (Å²) in [5.74, 6) is -0.317. The average molecular weight is 513 g/mol. The Labute approximate surface area is 213 Å². The van der Waals surface area contributed by atoms with E-state index in [-0.39, 0.29) is 11.6 Å². The maximum atomic E-state index is 11.7. The molecule has 3 heterocycles. The molecule has 10 heteroatoms. The molecule has 4 N–H and O–H groups in total. The Balaban J connectivity index is 1.77. The summed E-state index contributed by atoms with van der Waals surface area (Å²) < 4.78 is 0. The fourth-order valence-corrected chi connectivity index (χ4v) is 5.33. The number of allylic oxidation sites excluding steroid dienone is 3. The van der Waals surface area contributed by atoms with Gasteiger partial charge in [-0.3, -0.25) is 4.99 Å². The first-order valence-electron chi connectivity index (χ1n) is 11.5. The maximum absolute atomic E-state index is 11.7. The molecule has 1 aliphatic heterocycles. The van der Waals surface area contributed by atoms with Gasteiger partial charge in [-0.15, -0.1) is 0 Å². The molecule has 0 aromatic carbocycles. The van der Waals surface area contributed by atoms with Crippen LogP contribution in [-0.2, 0) is 11.2 Å². The van der Waals surface area contributed by atoms with Crippen LogP contribution in [0, 0.1) is 0 Å². The Morgan fingerprint density at radius 3 is 2.83 bits per heavy atom. The fourth-order valence-electron chi connectivity index (χ4n) is 4.16. The van der Waals surface area contributed by atoms with Crippen LogP contribution >= 0.6 is 23.4 Å². The number of hydrogen-bond donors (Lipinski definition) is 3. The molecule has 2 atom stereocenters. The zero-order chi connectivity index (χ0) is 25.3. The van der Waals surface area contributed by atoms with Gasteiger partial charge in [0.25, 0.3) is 0 Å². The second-order valence-electron chi connectivity index (χ2n) is 8.78. The van der Waals surface area contributed by atoms with E-state index in [1.165, 1.54) is 11.8 Å². The Kier molecular flexibility index (Phi) is 7.49. The minimum absolute atomic E-state index is 0.00454. The molecule has 2 aromatic rings. The van der Waals surface area contributed by atoms with E-state index in [0.29, 0.717) is 27.9 Å². The number of rotatable bonds is 7. The van der Waals surface area contributed by atoms with E-state index in [0.717, 1.165) is 46.9 Å². The number of hydrogen-bond acceptors (Lipinski definition) is 7. The Bertz CT molecular complexity index is 1300. The zero-order valence-electron chi connectivity index (χ0n) is 20.0. The number of anilines is 1. The number of carboxylic acids is 1. The molecule has 35 heavy (non-hydrogen) atoms. The van der Waals surface area contributed by atoms with Crippen LogP contribution in [-0.4, -0.2) is 56.9 Å². The van der Waals surface area contributed by atoms with E-state index >= 15 is 0 Å². The first-order valence-corrected chi connectivity index (χ1v) is 12.7. The van der Waals surface area contributed by atoms with Crippen molar-refractivity contribution < 1.29 is 9.90 Å². The quantitative estimate of drug-likeness (QED) is 0.280. The summed E-state index contributed by atoms with van der Waals surface area (Å²) in [7, 11) is 0. The zero-order valence-corrected chi connectivity index (χ0v) is 21.6. The van der Waals surface area contributed by atoms with Crippen LogP contribution in [0.4, 0.5) is 5.82 Å². The van der Waals surface area contributed by atoms with Crippen molar-refractivity contribution in [3.8, 4) is 0 Å². The van der Waals surface area contributed by atoms with Gasteiger partial charge in [0.05, 0.1) is 22.0 Å². The Morgan fingerprint density at radius 2 is 2.20 bits per heavy atom. The summed E-state index contributed by atoms with van der Waals surface area (Å²) in [6.45, 7) is 11.1. The lowest BCUT2D eigenvalue weighted by Gasteiger charge is -2.19. The van der Waals surface area contributed by atoms with Crippen LogP contribution in [0.5, 0.6) is 0 Å². The number of thioether (sulfide) groups is 1. The molecule has 0 saturated carbocycles. The van der Waals surface area contributed by atoms with Crippen LogP contribution < -0.4 is 10.6 Å². The summed E-state index contributed by atoms with van der Waals surface area (Å²) in [5.41, 5.74) is 9.13. The molecule has 4 rings (SSSR count). The lowest BCUT2D eigenvalue weighted by atomic mass is 9.99. The molecular weight excluding hydrogens is 484 g/mol. The van der Waals surface area contributed by atoms with Crippen LogP contribution in [0.3, 0.4) is 0 Å². The molecule has 2 aliphatic rings. The molecule has 2 aromatic heterocycles. The van der Waals surface area contributed by atoms with Crippen molar-refractivity contribution in [3.63, 3.8) is 0 Å². The second kappa shape index (κ2) is 10.4. The van der Waals surface area contributed by atoms with Crippen molar-refractivity contribution in [2.75, 3.05) is 18.0 Å². The molecule has 0 amide bonds. The molecule has 0 spiro atoms. The first kappa shape index (κ1) is 25.2. The average Bonchev–Trinajstić information content (AvgIpc) is 3.31. The van der Waals surface area contributed by atoms with Crippen molar-refractivity contribution >= 4 is 51.9 Å². The lowest BCUT2D eigenvalue weighted by Crippen LogP contribution is -2.27. The molecule has 1 aliphatic carbocycles. The van der Waals surface area contributed by atoms with Gasteiger partial charge in [-0.2, -0.15) is 0 Å². The monoisotopic (exact) mass is 512 g/mol. The van der Waals surface area contributed by atoms with Crippen LogP contribution in [0.1, 0.15) is 32.9 Å². The van der Waals surface area contributed by atoms with E-state index in [9.17, 15) is 9.90 Å². The third-order valence-corrected chi connectivity index (χ3v) is 7.16. The van der Waals surface area contributed by atoms with Gasteiger partial charge < -0.3 is 20.7 Å². The molecule has 0 bridgehead atoms. The smallest absolute Gasteiger partial charge is 0.335 e.